The molecular formula is C27H33ClN4O2. The van der Waals surface area contributed by atoms with Crippen LogP contribution in [0.1, 0.15) is 63.9 Å². The van der Waals surface area contributed by atoms with Crippen LogP contribution in [0.4, 0.5) is 5.69 Å². The highest BCUT2D eigenvalue weighted by Gasteiger charge is 2.42. The van der Waals surface area contributed by atoms with Gasteiger partial charge in [0.15, 0.2) is 0 Å². The summed E-state index contributed by atoms with van der Waals surface area (Å²) in [4.78, 5) is 34.1. The van der Waals surface area contributed by atoms with E-state index in [-0.39, 0.29) is 17.2 Å². The van der Waals surface area contributed by atoms with E-state index in [2.05, 4.69) is 5.32 Å². The molecular weight excluding hydrogens is 448 g/mol. The Hall–Kier alpha value is -2.86. The van der Waals surface area contributed by atoms with Crippen molar-refractivity contribution in [3.8, 4) is 0 Å². The van der Waals surface area contributed by atoms with Gasteiger partial charge in [-0.2, -0.15) is 0 Å². The summed E-state index contributed by atoms with van der Waals surface area (Å²) >= 11 is 6.18. The predicted molar refractivity (Wildman–Crippen MR) is 138 cm³/mol. The first kappa shape index (κ1) is 24.3. The Morgan fingerprint density at radius 3 is 2.24 bits per heavy atom. The molecule has 0 radical (unpaired) electrons. The summed E-state index contributed by atoms with van der Waals surface area (Å²) < 4.78 is 0. The summed E-state index contributed by atoms with van der Waals surface area (Å²) in [5.41, 5.74) is 3.79. The molecule has 180 valence electrons. The quantitative estimate of drug-likeness (QED) is 0.649. The zero-order valence-corrected chi connectivity index (χ0v) is 21.2. The van der Waals surface area contributed by atoms with Crippen molar-refractivity contribution in [2.75, 3.05) is 33.5 Å². The first-order chi connectivity index (χ1) is 16.2. The number of nitrogens with one attached hydrogen (secondary N) is 1. The van der Waals surface area contributed by atoms with E-state index in [9.17, 15) is 9.59 Å². The SMILES string of the molecule is CN(C)C(=O)c1cc2c(cc1C(=O)N(C)C)NC(=NCc1cccc(Cl)c1)C1(CCCCC1)C2. The minimum atomic E-state index is -0.190. The molecule has 0 bridgehead atoms. The van der Waals surface area contributed by atoms with Gasteiger partial charge in [0.1, 0.15) is 5.84 Å². The maximum Gasteiger partial charge on any atom is 0.254 e. The summed E-state index contributed by atoms with van der Waals surface area (Å²) in [6.45, 7) is 0.542. The van der Waals surface area contributed by atoms with E-state index in [1.54, 1.807) is 28.2 Å². The van der Waals surface area contributed by atoms with Gasteiger partial charge < -0.3 is 15.1 Å². The number of hydrogen-bond donors (Lipinski definition) is 1. The molecule has 6 nitrogen and oxygen atoms in total. The number of anilines is 1. The fraction of sp³-hybridized carbons (Fsp3) is 0.444. The number of benzene rings is 2. The van der Waals surface area contributed by atoms with Crippen LogP contribution in [0.3, 0.4) is 0 Å². The molecule has 2 aliphatic rings. The van der Waals surface area contributed by atoms with Crippen LogP contribution in [0.15, 0.2) is 41.4 Å². The number of fused-ring (bicyclic) bond motifs is 1. The molecule has 1 heterocycles. The second-order valence-corrected chi connectivity index (χ2v) is 10.3. The average Bonchev–Trinajstić information content (AvgIpc) is 2.81. The van der Waals surface area contributed by atoms with Crippen LogP contribution in [0.5, 0.6) is 0 Å². The second-order valence-electron chi connectivity index (χ2n) is 9.89. The third-order valence-electron chi connectivity index (χ3n) is 6.92. The Balaban J connectivity index is 1.78. The molecule has 1 aliphatic carbocycles. The van der Waals surface area contributed by atoms with Crippen molar-refractivity contribution >= 4 is 34.9 Å². The number of amidine groups is 1. The molecule has 1 aliphatic heterocycles. The van der Waals surface area contributed by atoms with Gasteiger partial charge in [0, 0.05) is 44.3 Å². The summed E-state index contributed by atoms with van der Waals surface area (Å²) in [6.07, 6.45) is 6.48. The number of hydrogen-bond acceptors (Lipinski definition) is 3. The van der Waals surface area contributed by atoms with Crippen molar-refractivity contribution < 1.29 is 9.59 Å². The number of amides is 2. The Kier molecular flexibility index (Phi) is 6.99. The van der Waals surface area contributed by atoms with Crippen molar-refractivity contribution in [2.24, 2.45) is 10.4 Å². The summed E-state index contributed by atoms with van der Waals surface area (Å²) in [5.74, 6) is 0.630. The second kappa shape index (κ2) is 9.79. The van der Waals surface area contributed by atoms with E-state index in [1.807, 2.05) is 36.4 Å². The molecule has 1 fully saturated rings. The third kappa shape index (κ3) is 4.83. The van der Waals surface area contributed by atoms with Crippen molar-refractivity contribution in [3.05, 3.63) is 63.7 Å². The van der Waals surface area contributed by atoms with Gasteiger partial charge in [-0.3, -0.25) is 14.6 Å². The van der Waals surface area contributed by atoms with Crippen LogP contribution in [0.25, 0.3) is 0 Å². The third-order valence-corrected chi connectivity index (χ3v) is 7.16. The standard InChI is InChI=1S/C27H33ClN4O2/c1-31(2)24(33)21-14-19-16-27(11-6-5-7-12-27)26(29-17-18-9-8-10-20(28)13-18)30-23(19)15-22(21)25(34)32(3)4/h8-10,13-15H,5-7,11-12,16-17H2,1-4H3,(H,29,30). The van der Waals surface area contributed by atoms with Crippen LogP contribution in [0.2, 0.25) is 5.02 Å². The van der Waals surface area contributed by atoms with Gasteiger partial charge in [-0.25, -0.2) is 0 Å². The zero-order chi connectivity index (χ0) is 24.5. The predicted octanol–water partition coefficient (Wildman–Crippen LogP) is 5.26. The lowest BCUT2D eigenvalue weighted by Gasteiger charge is -2.43. The fourth-order valence-corrected chi connectivity index (χ4v) is 5.32. The maximum absolute atomic E-state index is 13.0. The molecule has 2 aromatic carbocycles. The Bertz CT molecular complexity index is 1130. The van der Waals surface area contributed by atoms with E-state index in [1.165, 1.54) is 16.2 Å². The van der Waals surface area contributed by atoms with E-state index in [0.717, 1.165) is 54.8 Å². The number of carbonyl (C=O) groups excluding carboxylic acids is 2. The lowest BCUT2D eigenvalue weighted by atomic mass is 9.67. The average molecular weight is 481 g/mol. The van der Waals surface area contributed by atoms with E-state index in [0.29, 0.717) is 22.7 Å². The number of carbonyl (C=O) groups is 2. The van der Waals surface area contributed by atoms with E-state index < -0.39 is 0 Å². The smallest absolute Gasteiger partial charge is 0.254 e. The lowest BCUT2D eigenvalue weighted by molar-refractivity contribution is 0.0790. The first-order valence-electron chi connectivity index (χ1n) is 11.9. The van der Waals surface area contributed by atoms with Crippen LogP contribution in [0, 0.1) is 5.41 Å². The number of aliphatic imine (C=N–C) groups is 1. The molecule has 1 N–H and O–H groups in total. The van der Waals surface area contributed by atoms with Gasteiger partial charge >= 0.3 is 0 Å². The molecule has 4 rings (SSSR count). The van der Waals surface area contributed by atoms with E-state index >= 15 is 0 Å². The highest BCUT2D eigenvalue weighted by atomic mass is 35.5. The first-order valence-corrected chi connectivity index (χ1v) is 12.2. The number of rotatable bonds is 4. The molecule has 0 saturated heterocycles. The molecule has 7 heteroatoms. The number of nitrogens with zero attached hydrogens (tertiary/aromatic N) is 3. The van der Waals surface area contributed by atoms with Gasteiger partial charge in [-0.15, -0.1) is 0 Å². The molecule has 2 aromatic rings. The Morgan fingerprint density at radius 2 is 1.62 bits per heavy atom. The monoisotopic (exact) mass is 480 g/mol. The topological polar surface area (TPSA) is 65.0 Å². The van der Waals surface area contributed by atoms with Crippen molar-refractivity contribution in [1.82, 2.24) is 9.80 Å². The van der Waals surface area contributed by atoms with Crippen LogP contribution < -0.4 is 5.32 Å². The Morgan fingerprint density at radius 1 is 0.971 bits per heavy atom. The minimum Gasteiger partial charge on any atom is -0.345 e. The van der Waals surface area contributed by atoms with Crippen molar-refractivity contribution in [3.63, 3.8) is 0 Å². The lowest BCUT2D eigenvalue weighted by Crippen LogP contribution is -2.44. The van der Waals surface area contributed by atoms with Crippen molar-refractivity contribution in [2.45, 2.75) is 45.1 Å². The largest absolute Gasteiger partial charge is 0.345 e. The molecule has 0 aromatic heterocycles. The Labute approximate surface area is 207 Å². The van der Waals surface area contributed by atoms with Gasteiger partial charge in [0.2, 0.25) is 0 Å². The van der Waals surface area contributed by atoms with Crippen molar-refractivity contribution in [1.29, 1.82) is 0 Å². The van der Waals surface area contributed by atoms with Gasteiger partial charge in [0.05, 0.1) is 17.7 Å². The number of halogens is 1. The van der Waals surface area contributed by atoms with Crippen LogP contribution in [-0.2, 0) is 13.0 Å². The normalized spacial score (nSPS) is 17.7. The molecule has 2 amide bonds. The van der Waals surface area contributed by atoms with Gasteiger partial charge in [-0.1, -0.05) is 43.0 Å². The summed E-state index contributed by atoms with van der Waals surface area (Å²) in [6, 6.07) is 11.5. The van der Waals surface area contributed by atoms with Gasteiger partial charge in [0.25, 0.3) is 11.8 Å². The fourth-order valence-electron chi connectivity index (χ4n) is 5.11. The van der Waals surface area contributed by atoms with Crippen LogP contribution >= 0.6 is 11.6 Å². The molecule has 1 spiro atoms. The highest BCUT2D eigenvalue weighted by molar-refractivity contribution is 6.30. The molecule has 0 unspecified atom stereocenters. The molecule has 1 saturated carbocycles. The maximum atomic E-state index is 13.0. The molecule has 0 atom stereocenters. The minimum absolute atomic E-state index is 0.0741. The molecule has 34 heavy (non-hydrogen) atoms. The highest BCUT2D eigenvalue weighted by Crippen LogP contribution is 2.45. The van der Waals surface area contributed by atoms with Crippen LogP contribution in [-0.4, -0.2) is 55.6 Å². The summed E-state index contributed by atoms with van der Waals surface area (Å²) in [5, 5.41) is 4.30. The summed E-state index contributed by atoms with van der Waals surface area (Å²) in [7, 11) is 6.84. The van der Waals surface area contributed by atoms with Gasteiger partial charge in [-0.05, 0) is 54.7 Å². The zero-order valence-electron chi connectivity index (χ0n) is 20.4. The van der Waals surface area contributed by atoms with E-state index in [4.69, 9.17) is 16.6 Å².